The molecule has 1 aromatic carbocycles. The van der Waals surface area contributed by atoms with Crippen molar-refractivity contribution in [2.75, 3.05) is 4.90 Å². The summed E-state index contributed by atoms with van der Waals surface area (Å²) in [4.78, 5) is 18.0. The fourth-order valence-electron chi connectivity index (χ4n) is 4.26. The maximum atomic E-state index is 6.30. The van der Waals surface area contributed by atoms with Crippen LogP contribution in [0, 0.1) is 13.8 Å². The molecule has 4 rings (SSSR count). The van der Waals surface area contributed by atoms with Crippen LogP contribution in [0.25, 0.3) is 22.1 Å². The van der Waals surface area contributed by atoms with Gasteiger partial charge in [0.15, 0.2) is 17.2 Å². The van der Waals surface area contributed by atoms with E-state index in [-0.39, 0.29) is 12.2 Å². The van der Waals surface area contributed by atoms with Gasteiger partial charge in [-0.2, -0.15) is 0 Å². The molecule has 2 aromatic heterocycles. The summed E-state index contributed by atoms with van der Waals surface area (Å²) < 4.78 is 6.30. The molecule has 0 bridgehead atoms. The number of furan rings is 1. The summed E-state index contributed by atoms with van der Waals surface area (Å²) in [5.41, 5.74) is 4.50. The van der Waals surface area contributed by atoms with Crippen molar-refractivity contribution in [3.63, 3.8) is 0 Å². The minimum atomic E-state index is 0.0152. The minimum absolute atomic E-state index is 0.0152. The quantitative estimate of drug-likeness (QED) is 0.561. The monoisotopic (exact) mass is 389 g/mol. The van der Waals surface area contributed by atoms with E-state index in [1.807, 2.05) is 19.9 Å². The lowest BCUT2D eigenvalue weighted by Crippen LogP contribution is -2.41. The molecule has 0 spiro atoms. The van der Waals surface area contributed by atoms with Crippen LogP contribution in [0.5, 0.6) is 0 Å². The summed E-state index contributed by atoms with van der Waals surface area (Å²) in [5.74, 6) is 1.57. The molecule has 3 aromatic rings. The maximum absolute atomic E-state index is 6.30. The van der Waals surface area contributed by atoms with Gasteiger partial charge in [-0.15, -0.1) is 0 Å². The van der Waals surface area contributed by atoms with E-state index in [1.54, 1.807) is 6.21 Å². The van der Waals surface area contributed by atoms with Crippen molar-refractivity contribution in [1.82, 2.24) is 9.88 Å². The molecular formula is C23H27N5O. The number of pyridine rings is 1. The molecule has 0 saturated carbocycles. The lowest BCUT2D eigenvalue weighted by atomic mass is 10.1. The Labute approximate surface area is 171 Å². The molecule has 0 saturated heterocycles. The Kier molecular flexibility index (Phi) is 4.65. The standard InChI is InChI=1S/C23H27N5O/c1-8-25-22-21(24-7)28(16(6)27(22)13(2)3)19-14(4)9-11-17-18-12-10-15(5)26-23(18)29-20(17)19/h8-13,16H,7H2,1-6H3/b25-8-/t16-/m0/s1. The van der Waals surface area contributed by atoms with Crippen LogP contribution >= 0.6 is 0 Å². The number of anilines is 1. The molecule has 29 heavy (non-hydrogen) atoms. The number of nitrogens with zero attached hydrogens (tertiary/aromatic N) is 5. The summed E-state index contributed by atoms with van der Waals surface area (Å²) in [6.45, 7) is 16.3. The first-order valence-electron chi connectivity index (χ1n) is 9.95. The molecule has 0 fully saturated rings. The third-order valence-corrected chi connectivity index (χ3v) is 5.47. The number of hydrogen-bond acceptors (Lipinski definition) is 6. The Morgan fingerprint density at radius 3 is 2.52 bits per heavy atom. The predicted molar refractivity (Wildman–Crippen MR) is 121 cm³/mol. The van der Waals surface area contributed by atoms with Crippen LogP contribution in [0.3, 0.4) is 0 Å². The van der Waals surface area contributed by atoms with E-state index in [0.29, 0.717) is 5.71 Å². The SMILES string of the molecule is C=NC1=C(/N=C\C)N(C(C)C)[C@H](C)N1c1c(C)ccc2c1oc1nc(C)ccc12. The number of aliphatic imine (C=N–C) groups is 2. The molecule has 3 heterocycles. The highest BCUT2D eigenvalue weighted by Gasteiger charge is 2.39. The second kappa shape index (κ2) is 7.03. The van der Waals surface area contributed by atoms with E-state index in [4.69, 9.17) is 4.42 Å². The normalized spacial score (nSPS) is 17.7. The summed E-state index contributed by atoms with van der Waals surface area (Å²) >= 11 is 0. The van der Waals surface area contributed by atoms with Gasteiger partial charge < -0.3 is 9.32 Å². The molecule has 0 aliphatic carbocycles. The van der Waals surface area contributed by atoms with Gasteiger partial charge in [-0.25, -0.2) is 15.0 Å². The third-order valence-electron chi connectivity index (χ3n) is 5.47. The van der Waals surface area contributed by atoms with Gasteiger partial charge in [0.1, 0.15) is 6.17 Å². The van der Waals surface area contributed by atoms with Crippen LogP contribution in [0.15, 0.2) is 50.3 Å². The van der Waals surface area contributed by atoms with E-state index in [9.17, 15) is 0 Å². The highest BCUT2D eigenvalue weighted by atomic mass is 16.3. The molecule has 0 radical (unpaired) electrons. The molecule has 1 aliphatic heterocycles. The van der Waals surface area contributed by atoms with E-state index < -0.39 is 0 Å². The number of rotatable bonds is 4. The Balaban J connectivity index is 2.03. The van der Waals surface area contributed by atoms with Gasteiger partial charge in [0.05, 0.1) is 5.69 Å². The lowest BCUT2D eigenvalue weighted by molar-refractivity contribution is 0.240. The molecule has 150 valence electrons. The van der Waals surface area contributed by atoms with Crippen molar-refractivity contribution in [3.05, 3.63) is 47.2 Å². The van der Waals surface area contributed by atoms with Crippen LogP contribution in [0.2, 0.25) is 0 Å². The Bertz CT molecular complexity index is 1170. The Morgan fingerprint density at radius 1 is 1.14 bits per heavy atom. The highest BCUT2D eigenvalue weighted by molar-refractivity contribution is 6.09. The topological polar surface area (TPSA) is 57.2 Å². The molecule has 1 atom stereocenters. The Hall–Kier alpha value is -3.15. The molecular weight excluding hydrogens is 362 g/mol. The van der Waals surface area contributed by atoms with Gasteiger partial charge in [0.25, 0.3) is 0 Å². The summed E-state index contributed by atoms with van der Waals surface area (Å²) in [5, 5.41) is 2.07. The molecule has 6 nitrogen and oxygen atoms in total. The first-order chi connectivity index (χ1) is 13.9. The summed E-state index contributed by atoms with van der Waals surface area (Å²) in [6, 6.07) is 8.57. The number of fused-ring (bicyclic) bond motifs is 3. The maximum Gasteiger partial charge on any atom is 0.227 e. The van der Waals surface area contributed by atoms with Crippen molar-refractivity contribution in [2.24, 2.45) is 9.98 Å². The van der Waals surface area contributed by atoms with E-state index in [2.05, 4.69) is 77.4 Å². The van der Waals surface area contributed by atoms with E-state index in [0.717, 1.165) is 44.9 Å². The van der Waals surface area contributed by atoms with Gasteiger partial charge in [0.2, 0.25) is 5.71 Å². The number of aromatic nitrogens is 1. The van der Waals surface area contributed by atoms with Gasteiger partial charge >= 0.3 is 0 Å². The number of aryl methyl sites for hydroxylation is 2. The second-order valence-corrected chi connectivity index (χ2v) is 7.71. The van der Waals surface area contributed by atoms with Gasteiger partial charge in [-0.1, -0.05) is 12.1 Å². The van der Waals surface area contributed by atoms with Crippen molar-refractivity contribution in [1.29, 1.82) is 0 Å². The smallest absolute Gasteiger partial charge is 0.227 e. The first kappa shape index (κ1) is 19.2. The third kappa shape index (κ3) is 2.82. The zero-order chi connectivity index (χ0) is 20.9. The van der Waals surface area contributed by atoms with Crippen LogP contribution in [0.1, 0.15) is 39.0 Å². The number of hydrogen-bond donors (Lipinski definition) is 0. The Morgan fingerprint density at radius 2 is 1.86 bits per heavy atom. The summed E-state index contributed by atoms with van der Waals surface area (Å²) in [7, 11) is 0. The van der Waals surface area contributed by atoms with Crippen LogP contribution in [-0.2, 0) is 0 Å². The van der Waals surface area contributed by atoms with Crippen LogP contribution in [-0.4, -0.2) is 35.0 Å². The molecule has 6 heteroatoms. The van der Waals surface area contributed by atoms with Gasteiger partial charge in [0, 0.05) is 28.7 Å². The summed E-state index contributed by atoms with van der Waals surface area (Å²) in [6.07, 6.45) is 1.81. The second-order valence-electron chi connectivity index (χ2n) is 7.71. The minimum Gasteiger partial charge on any atom is -0.435 e. The first-order valence-corrected chi connectivity index (χ1v) is 9.95. The van der Waals surface area contributed by atoms with Crippen LogP contribution < -0.4 is 4.90 Å². The van der Waals surface area contributed by atoms with Gasteiger partial charge in [-0.3, -0.25) is 4.90 Å². The molecule has 1 aliphatic rings. The van der Waals surface area contributed by atoms with Crippen LogP contribution in [0.4, 0.5) is 5.69 Å². The molecule has 0 unspecified atom stereocenters. The van der Waals surface area contributed by atoms with Gasteiger partial charge in [-0.05, 0) is 66.0 Å². The predicted octanol–water partition coefficient (Wildman–Crippen LogP) is 5.39. The van der Waals surface area contributed by atoms with E-state index >= 15 is 0 Å². The average Bonchev–Trinajstić information content (AvgIpc) is 3.16. The fraction of sp³-hybridized carbons (Fsp3) is 0.348. The zero-order valence-corrected chi connectivity index (χ0v) is 17.9. The van der Waals surface area contributed by atoms with Crippen molar-refractivity contribution < 1.29 is 4.42 Å². The lowest BCUT2D eigenvalue weighted by Gasteiger charge is -2.34. The zero-order valence-electron chi connectivity index (χ0n) is 17.9. The van der Waals surface area contributed by atoms with E-state index in [1.165, 1.54) is 0 Å². The van der Waals surface area contributed by atoms with Crippen molar-refractivity contribution in [2.45, 2.75) is 53.8 Å². The molecule has 0 N–H and O–H groups in total. The highest BCUT2D eigenvalue weighted by Crippen LogP contribution is 2.43. The average molecular weight is 390 g/mol. The van der Waals surface area contributed by atoms with Crippen molar-refractivity contribution >= 4 is 40.7 Å². The van der Waals surface area contributed by atoms with Crippen molar-refractivity contribution in [3.8, 4) is 0 Å². The molecule has 0 amide bonds. The fourth-order valence-corrected chi connectivity index (χ4v) is 4.26. The largest absolute Gasteiger partial charge is 0.435 e. The number of benzene rings is 1.